The number of aryl methyl sites for hydroxylation is 1. The van der Waals surface area contributed by atoms with Crippen molar-refractivity contribution in [3.05, 3.63) is 48.0 Å². The highest BCUT2D eigenvalue weighted by atomic mass is 32.2. The minimum absolute atomic E-state index is 0.105. The highest BCUT2D eigenvalue weighted by Crippen LogP contribution is 2.29. The Bertz CT molecular complexity index is 710. The summed E-state index contributed by atoms with van der Waals surface area (Å²) in [6.45, 7) is 1.98. The normalized spacial score (nSPS) is 11.3. The van der Waals surface area contributed by atoms with Crippen LogP contribution in [0.4, 0.5) is 5.69 Å². The van der Waals surface area contributed by atoms with E-state index in [4.69, 9.17) is 10.5 Å². The van der Waals surface area contributed by atoms with E-state index in [2.05, 4.69) is 4.72 Å². The SMILES string of the molecule is CNS(=O)(=O)c1ccc(Oc2ccc(C)cc2)c(N)c1. The number of benzene rings is 2. The number of hydrogen-bond donors (Lipinski definition) is 2. The predicted molar refractivity (Wildman–Crippen MR) is 78.4 cm³/mol. The average Bonchev–Trinajstić information content (AvgIpc) is 2.43. The molecule has 0 saturated heterocycles. The number of nitrogens with one attached hydrogen (secondary N) is 1. The molecule has 0 atom stereocenters. The van der Waals surface area contributed by atoms with E-state index in [1.54, 1.807) is 6.07 Å². The van der Waals surface area contributed by atoms with Gasteiger partial charge in [-0.15, -0.1) is 0 Å². The summed E-state index contributed by atoms with van der Waals surface area (Å²) >= 11 is 0. The first-order valence-corrected chi connectivity index (χ1v) is 7.48. The van der Waals surface area contributed by atoms with Gasteiger partial charge >= 0.3 is 0 Å². The van der Waals surface area contributed by atoms with Crippen molar-refractivity contribution in [3.8, 4) is 11.5 Å². The Labute approximate surface area is 118 Å². The van der Waals surface area contributed by atoms with Gasteiger partial charge in [-0.25, -0.2) is 13.1 Å². The second-order valence-corrected chi connectivity index (χ2v) is 6.21. The third-order valence-electron chi connectivity index (χ3n) is 2.81. The molecule has 5 nitrogen and oxygen atoms in total. The molecule has 0 spiro atoms. The van der Waals surface area contributed by atoms with Crippen LogP contribution >= 0.6 is 0 Å². The molecule has 0 aromatic heterocycles. The van der Waals surface area contributed by atoms with Crippen LogP contribution in [0.25, 0.3) is 0 Å². The third kappa shape index (κ3) is 3.09. The molecule has 6 heteroatoms. The molecule has 0 aliphatic carbocycles. The fourth-order valence-electron chi connectivity index (χ4n) is 1.64. The standard InChI is InChI=1S/C14H16N2O3S/c1-10-3-5-11(6-4-10)19-14-8-7-12(9-13(14)15)20(17,18)16-2/h3-9,16H,15H2,1-2H3. The van der Waals surface area contributed by atoms with E-state index in [0.29, 0.717) is 11.5 Å². The van der Waals surface area contributed by atoms with Crippen LogP contribution in [0.5, 0.6) is 11.5 Å². The van der Waals surface area contributed by atoms with Gasteiger partial charge in [0.05, 0.1) is 10.6 Å². The zero-order chi connectivity index (χ0) is 14.8. The Kier molecular flexibility index (Phi) is 3.96. The third-order valence-corrected chi connectivity index (χ3v) is 4.22. The van der Waals surface area contributed by atoms with Crippen LogP contribution < -0.4 is 15.2 Å². The lowest BCUT2D eigenvalue weighted by Crippen LogP contribution is -2.18. The van der Waals surface area contributed by atoms with Crippen LogP contribution in [-0.4, -0.2) is 15.5 Å². The second-order valence-electron chi connectivity index (χ2n) is 4.32. The first-order valence-electron chi connectivity index (χ1n) is 6.00. The molecular weight excluding hydrogens is 276 g/mol. The molecule has 2 rings (SSSR count). The largest absolute Gasteiger partial charge is 0.455 e. The van der Waals surface area contributed by atoms with E-state index in [0.717, 1.165) is 5.56 Å². The summed E-state index contributed by atoms with van der Waals surface area (Å²) in [5, 5.41) is 0. The van der Waals surface area contributed by atoms with E-state index in [1.807, 2.05) is 31.2 Å². The van der Waals surface area contributed by atoms with Gasteiger partial charge in [0.2, 0.25) is 10.0 Å². The minimum atomic E-state index is -3.50. The van der Waals surface area contributed by atoms with Gasteiger partial charge in [-0.2, -0.15) is 0 Å². The number of hydrogen-bond acceptors (Lipinski definition) is 4. The van der Waals surface area contributed by atoms with E-state index in [1.165, 1.54) is 19.2 Å². The average molecular weight is 292 g/mol. The van der Waals surface area contributed by atoms with Crippen LogP contribution in [0.1, 0.15) is 5.56 Å². The summed E-state index contributed by atoms with van der Waals surface area (Å²) < 4.78 is 31.2. The summed E-state index contributed by atoms with van der Waals surface area (Å²) in [4.78, 5) is 0.105. The first kappa shape index (κ1) is 14.4. The first-order chi connectivity index (χ1) is 9.42. The van der Waals surface area contributed by atoms with Gasteiger partial charge in [0.15, 0.2) is 0 Å². The summed E-state index contributed by atoms with van der Waals surface area (Å²) in [7, 11) is -2.15. The molecule has 0 saturated carbocycles. The van der Waals surface area contributed by atoms with Crippen molar-refractivity contribution in [1.82, 2.24) is 4.72 Å². The summed E-state index contributed by atoms with van der Waals surface area (Å²) in [5.41, 5.74) is 7.22. The number of rotatable bonds is 4. The van der Waals surface area contributed by atoms with Crippen LogP contribution in [0.15, 0.2) is 47.4 Å². The van der Waals surface area contributed by atoms with Gasteiger partial charge in [0.25, 0.3) is 0 Å². The van der Waals surface area contributed by atoms with Gasteiger partial charge in [-0.3, -0.25) is 0 Å². The van der Waals surface area contributed by atoms with Gasteiger partial charge in [0.1, 0.15) is 11.5 Å². The predicted octanol–water partition coefficient (Wildman–Crippen LogP) is 2.28. The maximum atomic E-state index is 11.7. The molecule has 0 radical (unpaired) electrons. The van der Waals surface area contributed by atoms with Crippen molar-refractivity contribution < 1.29 is 13.2 Å². The molecule has 0 aliphatic heterocycles. The van der Waals surface area contributed by atoms with Crippen LogP contribution in [-0.2, 0) is 10.0 Å². The Morgan fingerprint density at radius 3 is 2.30 bits per heavy atom. The molecule has 0 aliphatic rings. The number of nitrogen functional groups attached to an aromatic ring is 1. The van der Waals surface area contributed by atoms with Crippen molar-refractivity contribution in [2.24, 2.45) is 0 Å². The molecule has 0 fully saturated rings. The zero-order valence-corrected chi connectivity index (χ0v) is 12.1. The molecule has 0 unspecified atom stereocenters. The fourth-order valence-corrected chi connectivity index (χ4v) is 2.40. The Hall–Kier alpha value is -2.05. The van der Waals surface area contributed by atoms with Crippen LogP contribution in [0.2, 0.25) is 0 Å². The highest BCUT2D eigenvalue weighted by Gasteiger charge is 2.13. The number of ether oxygens (including phenoxy) is 1. The maximum Gasteiger partial charge on any atom is 0.240 e. The second kappa shape index (κ2) is 5.52. The molecule has 0 heterocycles. The van der Waals surface area contributed by atoms with Crippen LogP contribution in [0, 0.1) is 6.92 Å². The lowest BCUT2D eigenvalue weighted by Gasteiger charge is -2.10. The van der Waals surface area contributed by atoms with Crippen molar-refractivity contribution in [3.63, 3.8) is 0 Å². The molecule has 2 aromatic rings. The smallest absolute Gasteiger partial charge is 0.240 e. The molecule has 0 bridgehead atoms. The molecular formula is C14H16N2O3S. The lowest BCUT2D eigenvalue weighted by molar-refractivity contribution is 0.484. The van der Waals surface area contributed by atoms with Crippen molar-refractivity contribution in [2.75, 3.05) is 12.8 Å². The number of anilines is 1. The van der Waals surface area contributed by atoms with Gasteiger partial charge in [0, 0.05) is 0 Å². The van der Waals surface area contributed by atoms with E-state index < -0.39 is 10.0 Å². The quantitative estimate of drug-likeness (QED) is 0.847. The summed E-state index contributed by atoms with van der Waals surface area (Å²) in [5.74, 6) is 1.07. The highest BCUT2D eigenvalue weighted by molar-refractivity contribution is 7.89. The maximum absolute atomic E-state index is 11.7. The topological polar surface area (TPSA) is 81.4 Å². The Balaban J connectivity index is 2.29. The zero-order valence-electron chi connectivity index (χ0n) is 11.3. The molecule has 106 valence electrons. The lowest BCUT2D eigenvalue weighted by atomic mass is 10.2. The van der Waals surface area contributed by atoms with E-state index in [9.17, 15) is 8.42 Å². The monoisotopic (exact) mass is 292 g/mol. The van der Waals surface area contributed by atoms with Crippen LogP contribution in [0.3, 0.4) is 0 Å². The van der Waals surface area contributed by atoms with Gasteiger partial charge in [-0.05, 0) is 44.3 Å². The Morgan fingerprint density at radius 2 is 1.75 bits per heavy atom. The van der Waals surface area contributed by atoms with Crippen molar-refractivity contribution >= 4 is 15.7 Å². The fraction of sp³-hybridized carbons (Fsp3) is 0.143. The number of nitrogens with two attached hydrogens (primary N) is 1. The molecule has 2 aromatic carbocycles. The van der Waals surface area contributed by atoms with Gasteiger partial charge in [-0.1, -0.05) is 17.7 Å². The Morgan fingerprint density at radius 1 is 1.10 bits per heavy atom. The van der Waals surface area contributed by atoms with Crippen molar-refractivity contribution in [1.29, 1.82) is 0 Å². The molecule has 3 N–H and O–H groups in total. The summed E-state index contributed by atoms with van der Waals surface area (Å²) in [6.07, 6.45) is 0. The van der Waals surface area contributed by atoms with E-state index >= 15 is 0 Å². The molecule has 0 amide bonds. The molecule has 20 heavy (non-hydrogen) atoms. The minimum Gasteiger partial charge on any atom is -0.455 e. The number of sulfonamides is 1. The van der Waals surface area contributed by atoms with Crippen molar-refractivity contribution in [2.45, 2.75) is 11.8 Å². The summed E-state index contributed by atoms with van der Waals surface area (Å²) in [6, 6.07) is 11.9. The van der Waals surface area contributed by atoms with E-state index in [-0.39, 0.29) is 10.6 Å². The van der Waals surface area contributed by atoms with Gasteiger partial charge < -0.3 is 10.5 Å².